The van der Waals surface area contributed by atoms with Gasteiger partial charge in [0.25, 0.3) is 0 Å². The summed E-state index contributed by atoms with van der Waals surface area (Å²) in [5.41, 5.74) is 0. The second kappa shape index (κ2) is 8.20. The Morgan fingerprint density at radius 3 is 2.79 bits per heavy atom. The lowest BCUT2D eigenvalue weighted by atomic mass is 9.88. The largest absolute Gasteiger partial charge is 0.395 e. The highest BCUT2D eigenvalue weighted by molar-refractivity contribution is 4.86. The molecule has 1 aliphatic carbocycles. The minimum atomic E-state index is 0.275. The Labute approximate surface area is 117 Å². The molecular formula is C15H30N2O2. The third-order valence-corrected chi connectivity index (χ3v) is 4.58. The van der Waals surface area contributed by atoms with E-state index < -0.39 is 0 Å². The summed E-state index contributed by atoms with van der Waals surface area (Å²) in [5.74, 6) is 0.576. The molecule has 2 N–H and O–H groups in total. The van der Waals surface area contributed by atoms with Crippen LogP contribution in [0.2, 0.25) is 0 Å². The van der Waals surface area contributed by atoms with Crippen LogP contribution in [0.3, 0.4) is 0 Å². The fraction of sp³-hybridized carbons (Fsp3) is 1.00. The molecule has 0 amide bonds. The van der Waals surface area contributed by atoms with E-state index >= 15 is 0 Å². The zero-order valence-electron chi connectivity index (χ0n) is 12.3. The van der Waals surface area contributed by atoms with Crippen molar-refractivity contribution >= 4 is 0 Å². The average molecular weight is 270 g/mol. The van der Waals surface area contributed by atoms with Gasteiger partial charge in [-0.2, -0.15) is 0 Å². The number of aliphatic hydroxyl groups is 1. The Hall–Kier alpha value is -0.160. The Morgan fingerprint density at radius 1 is 1.32 bits per heavy atom. The van der Waals surface area contributed by atoms with Crippen LogP contribution in [0.5, 0.6) is 0 Å². The standard InChI is InChI=1S/C15H30N2O2/c1-2-7-16-15-6-10-19-12-13(15)11-17(8-9-18)14-4-3-5-14/h13-16,18H,2-12H2,1H3. The van der Waals surface area contributed by atoms with Crippen LogP contribution < -0.4 is 5.32 Å². The van der Waals surface area contributed by atoms with Gasteiger partial charge < -0.3 is 15.2 Å². The van der Waals surface area contributed by atoms with Gasteiger partial charge in [-0.3, -0.25) is 4.90 Å². The fourth-order valence-electron chi connectivity index (χ4n) is 3.18. The van der Waals surface area contributed by atoms with E-state index in [2.05, 4.69) is 17.1 Å². The first-order valence-electron chi connectivity index (χ1n) is 8.01. The van der Waals surface area contributed by atoms with Gasteiger partial charge in [0, 0.05) is 37.7 Å². The molecule has 2 unspecified atom stereocenters. The molecule has 19 heavy (non-hydrogen) atoms. The maximum atomic E-state index is 9.25. The van der Waals surface area contributed by atoms with Gasteiger partial charge in [-0.15, -0.1) is 0 Å². The van der Waals surface area contributed by atoms with Crippen LogP contribution in [0.4, 0.5) is 0 Å². The van der Waals surface area contributed by atoms with Crippen molar-refractivity contribution < 1.29 is 9.84 Å². The molecule has 2 atom stereocenters. The smallest absolute Gasteiger partial charge is 0.0558 e. The lowest BCUT2D eigenvalue weighted by molar-refractivity contribution is -0.00144. The van der Waals surface area contributed by atoms with Gasteiger partial charge in [0.1, 0.15) is 0 Å². The predicted octanol–water partition coefficient (Wildman–Crippen LogP) is 1.24. The lowest BCUT2D eigenvalue weighted by Gasteiger charge is -2.42. The molecule has 112 valence electrons. The van der Waals surface area contributed by atoms with E-state index in [4.69, 9.17) is 4.74 Å². The van der Waals surface area contributed by atoms with Crippen molar-refractivity contribution in [3.8, 4) is 0 Å². The van der Waals surface area contributed by atoms with E-state index in [-0.39, 0.29) is 6.61 Å². The molecule has 0 aromatic heterocycles. The summed E-state index contributed by atoms with van der Waals surface area (Å²) >= 11 is 0. The zero-order valence-corrected chi connectivity index (χ0v) is 12.3. The van der Waals surface area contributed by atoms with Crippen molar-refractivity contribution in [3.05, 3.63) is 0 Å². The van der Waals surface area contributed by atoms with Crippen molar-refractivity contribution in [3.63, 3.8) is 0 Å². The molecule has 0 bridgehead atoms. The zero-order chi connectivity index (χ0) is 13.5. The quantitative estimate of drug-likeness (QED) is 0.696. The second-order valence-corrected chi connectivity index (χ2v) is 5.99. The first kappa shape index (κ1) is 15.2. The molecular weight excluding hydrogens is 240 g/mol. The van der Waals surface area contributed by atoms with Gasteiger partial charge in [-0.25, -0.2) is 0 Å². The number of ether oxygens (including phenoxy) is 1. The molecule has 2 fully saturated rings. The summed E-state index contributed by atoms with van der Waals surface area (Å²) in [6, 6.07) is 1.30. The number of aliphatic hydroxyl groups excluding tert-OH is 1. The van der Waals surface area contributed by atoms with E-state index in [0.29, 0.717) is 18.0 Å². The highest BCUT2D eigenvalue weighted by Gasteiger charge is 2.31. The van der Waals surface area contributed by atoms with Crippen LogP contribution in [0.1, 0.15) is 39.0 Å². The monoisotopic (exact) mass is 270 g/mol. The van der Waals surface area contributed by atoms with Gasteiger partial charge in [-0.05, 0) is 32.2 Å². The number of rotatable bonds is 8. The number of nitrogens with one attached hydrogen (secondary N) is 1. The van der Waals surface area contributed by atoms with Crippen molar-refractivity contribution in [2.24, 2.45) is 5.92 Å². The number of nitrogens with zero attached hydrogens (tertiary/aromatic N) is 1. The van der Waals surface area contributed by atoms with Crippen molar-refractivity contribution in [1.82, 2.24) is 10.2 Å². The van der Waals surface area contributed by atoms with Gasteiger partial charge in [-0.1, -0.05) is 13.3 Å². The van der Waals surface area contributed by atoms with Gasteiger partial charge in [0.05, 0.1) is 13.2 Å². The summed E-state index contributed by atoms with van der Waals surface area (Å²) < 4.78 is 5.67. The maximum absolute atomic E-state index is 9.25. The summed E-state index contributed by atoms with van der Waals surface area (Å²) in [6.07, 6.45) is 6.28. The van der Waals surface area contributed by atoms with Crippen LogP contribution in [0, 0.1) is 5.92 Å². The molecule has 1 heterocycles. The number of hydrogen-bond donors (Lipinski definition) is 2. The summed E-state index contributed by atoms with van der Waals surface area (Å²) in [4.78, 5) is 2.49. The molecule has 2 aliphatic rings. The Morgan fingerprint density at radius 2 is 2.16 bits per heavy atom. The summed E-state index contributed by atoms with van der Waals surface area (Å²) in [5, 5.41) is 12.9. The van der Waals surface area contributed by atoms with Crippen LogP contribution in [0.15, 0.2) is 0 Å². The van der Waals surface area contributed by atoms with Crippen molar-refractivity contribution in [2.45, 2.75) is 51.1 Å². The van der Waals surface area contributed by atoms with Crippen LogP contribution in [0.25, 0.3) is 0 Å². The predicted molar refractivity (Wildman–Crippen MR) is 77.3 cm³/mol. The highest BCUT2D eigenvalue weighted by atomic mass is 16.5. The minimum absolute atomic E-state index is 0.275. The Kier molecular flexibility index (Phi) is 6.57. The van der Waals surface area contributed by atoms with Crippen LogP contribution in [-0.2, 0) is 4.74 Å². The molecule has 1 aliphatic heterocycles. The van der Waals surface area contributed by atoms with E-state index in [1.54, 1.807) is 0 Å². The van der Waals surface area contributed by atoms with Crippen LogP contribution >= 0.6 is 0 Å². The first-order valence-corrected chi connectivity index (χ1v) is 8.01. The van der Waals surface area contributed by atoms with E-state index in [0.717, 1.165) is 39.3 Å². The molecule has 0 aromatic rings. The highest BCUT2D eigenvalue weighted by Crippen LogP contribution is 2.27. The molecule has 0 aromatic carbocycles. The fourth-order valence-corrected chi connectivity index (χ4v) is 3.18. The van der Waals surface area contributed by atoms with E-state index in [9.17, 15) is 5.11 Å². The summed E-state index contributed by atoms with van der Waals surface area (Å²) in [7, 11) is 0. The van der Waals surface area contributed by atoms with E-state index in [1.165, 1.54) is 25.7 Å². The Bertz CT molecular complexity index is 246. The third-order valence-electron chi connectivity index (χ3n) is 4.58. The third kappa shape index (κ3) is 4.42. The molecule has 1 saturated carbocycles. The van der Waals surface area contributed by atoms with Gasteiger partial charge in [0.15, 0.2) is 0 Å². The van der Waals surface area contributed by atoms with Gasteiger partial charge in [0.2, 0.25) is 0 Å². The topological polar surface area (TPSA) is 44.7 Å². The van der Waals surface area contributed by atoms with Gasteiger partial charge >= 0.3 is 0 Å². The second-order valence-electron chi connectivity index (χ2n) is 5.99. The molecule has 4 heteroatoms. The molecule has 2 rings (SSSR count). The normalized spacial score (nSPS) is 28.6. The summed E-state index contributed by atoms with van der Waals surface area (Å²) in [6.45, 7) is 7.25. The van der Waals surface area contributed by atoms with Crippen molar-refractivity contribution in [2.75, 3.05) is 39.5 Å². The average Bonchev–Trinajstić information content (AvgIpc) is 2.36. The first-order chi connectivity index (χ1) is 9.35. The maximum Gasteiger partial charge on any atom is 0.0558 e. The molecule has 1 saturated heterocycles. The van der Waals surface area contributed by atoms with Crippen molar-refractivity contribution in [1.29, 1.82) is 0 Å². The van der Waals surface area contributed by atoms with Crippen LogP contribution in [-0.4, -0.2) is 61.5 Å². The molecule has 4 nitrogen and oxygen atoms in total. The minimum Gasteiger partial charge on any atom is -0.395 e. The lowest BCUT2D eigenvalue weighted by Crippen LogP contribution is -2.51. The number of hydrogen-bond acceptors (Lipinski definition) is 4. The molecule has 0 radical (unpaired) electrons. The Balaban J connectivity index is 1.84. The SMILES string of the molecule is CCCNC1CCOCC1CN(CCO)C1CCC1. The van der Waals surface area contributed by atoms with E-state index in [1.807, 2.05) is 0 Å². The molecule has 0 spiro atoms.